The number of rotatable bonds is 6. The van der Waals surface area contributed by atoms with Crippen LogP contribution in [0.15, 0.2) is 63.8 Å². The minimum absolute atomic E-state index is 0.137. The topological polar surface area (TPSA) is 64.8 Å². The molecular weight excluding hydrogens is 560 g/mol. The first-order valence-corrected chi connectivity index (χ1v) is 14.0. The van der Waals surface area contributed by atoms with E-state index in [1.165, 1.54) is 39.9 Å². The van der Waals surface area contributed by atoms with Crippen molar-refractivity contribution in [3.63, 3.8) is 0 Å². The first-order chi connectivity index (χ1) is 17.0. The maximum atomic E-state index is 13.7. The lowest BCUT2D eigenvalue weighted by Gasteiger charge is -2.40. The summed E-state index contributed by atoms with van der Waals surface area (Å²) < 4.78 is 81.5. The van der Waals surface area contributed by atoms with Gasteiger partial charge in [-0.1, -0.05) is 68.9 Å². The van der Waals surface area contributed by atoms with Crippen molar-refractivity contribution in [3.05, 3.63) is 66.2 Å². The molecular formula is C23H19F6N3O2S3. The summed E-state index contributed by atoms with van der Waals surface area (Å²) in [5, 5.41) is 5.05. The summed E-state index contributed by atoms with van der Waals surface area (Å²) in [4.78, 5) is 18.9. The molecule has 0 amide bonds. The molecule has 0 fully saturated rings. The van der Waals surface area contributed by atoms with E-state index in [1.54, 1.807) is 25.3 Å². The highest BCUT2D eigenvalue weighted by molar-refractivity contribution is 8.45. The molecule has 14 heteroatoms. The highest BCUT2D eigenvalue weighted by atomic mass is 32.5. The molecule has 0 radical (unpaired) electrons. The van der Waals surface area contributed by atoms with Crippen LogP contribution in [0.1, 0.15) is 19.5 Å². The largest absolute Gasteiger partial charge is 0.373 e. The molecule has 4 aromatic rings. The predicted molar refractivity (Wildman–Crippen MR) is 132 cm³/mol. The van der Waals surface area contributed by atoms with Crippen molar-refractivity contribution in [2.75, 3.05) is 0 Å². The van der Waals surface area contributed by atoms with Crippen LogP contribution < -0.4 is 0 Å². The predicted octanol–water partition coefficient (Wildman–Crippen LogP) is 8.68. The van der Waals surface area contributed by atoms with Crippen LogP contribution in [0.4, 0.5) is 23.8 Å². The van der Waals surface area contributed by atoms with E-state index in [0.29, 0.717) is 44.0 Å². The van der Waals surface area contributed by atoms with E-state index >= 15 is 0 Å². The fraction of sp³-hybridized carbons (Fsp3) is 0.174. The summed E-state index contributed by atoms with van der Waals surface area (Å²) in [7, 11) is -9.76. The standard InChI is InChI=1S/C22H19F6N3S3.CO2/c1-13(2)32-21-20(15-7-9-18(10-8-15)34(24,25,26,27)28)29-22(33-21)31-12-19(14(3)30-31)16-5-4-6-17(23)11-16;2-1-3/h4-13H,1-3H3;. The second-order valence-corrected chi connectivity index (χ2v) is 13.2. The molecule has 0 saturated carbocycles. The van der Waals surface area contributed by atoms with Crippen LogP contribution in [0.2, 0.25) is 0 Å². The molecule has 4 rings (SSSR count). The molecule has 0 atom stereocenters. The number of hydrogen-bond acceptors (Lipinski definition) is 6. The van der Waals surface area contributed by atoms with Gasteiger partial charge in [-0.15, -0.1) is 11.8 Å². The molecule has 2 heterocycles. The quantitative estimate of drug-likeness (QED) is 0.169. The van der Waals surface area contributed by atoms with Gasteiger partial charge in [0.1, 0.15) is 10.7 Å². The summed E-state index contributed by atoms with van der Waals surface area (Å²) in [6.07, 6.45) is 1.95. The normalized spacial score (nSPS) is 13.4. The van der Waals surface area contributed by atoms with Gasteiger partial charge in [-0.3, -0.25) is 0 Å². The lowest BCUT2D eigenvalue weighted by Crippen LogP contribution is -2.05. The molecule has 0 bridgehead atoms. The minimum Gasteiger partial charge on any atom is -0.217 e. The molecule has 0 spiro atoms. The third-order valence-corrected chi connectivity index (χ3v) is 8.15. The number of aromatic nitrogens is 3. The van der Waals surface area contributed by atoms with E-state index in [1.807, 2.05) is 13.8 Å². The van der Waals surface area contributed by atoms with Gasteiger partial charge in [0.25, 0.3) is 0 Å². The van der Waals surface area contributed by atoms with Gasteiger partial charge in [0.2, 0.25) is 5.13 Å². The first-order valence-electron chi connectivity index (χ1n) is 10.4. The van der Waals surface area contributed by atoms with Gasteiger partial charge in [-0.2, -0.15) is 14.7 Å². The number of thiazole rings is 1. The zero-order valence-corrected chi connectivity index (χ0v) is 21.9. The lowest BCUT2D eigenvalue weighted by molar-refractivity contribution is -0.191. The lowest BCUT2D eigenvalue weighted by atomic mass is 10.1. The summed E-state index contributed by atoms with van der Waals surface area (Å²) >= 11 is 2.73. The van der Waals surface area contributed by atoms with Crippen LogP contribution in [0.5, 0.6) is 0 Å². The van der Waals surface area contributed by atoms with E-state index in [2.05, 4.69) is 10.1 Å². The Morgan fingerprint density at radius 2 is 1.62 bits per heavy atom. The monoisotopic (exact) mass is 579 g/mol. The van der Waals surface area contributed by atoms with Crippen LogP contribution in [0.3, 0.4) is 0 Å². The summed E-state index contributed by atoms with van der Waals surface area (Å²) in [6.45, 7) is 5.67. The minimum atomic E-state index is -9.76. The molecule has 2 aromatic heterocycles. The number of benzene rings is 2. The Labute approximate surface area is 216 Å². The highest BCUT2D eigenvalue weighted by Gasteiger charge is 2.65. The van der Waals surface area contributed by atoms with Crippen molar-refractivity contribution >= 4 is 39.5 Å². The van der Waals surface area contributed by atoms with Gasteiger partial charge >= 0.3 is 16.4 Å². The van der Waals surface area contributed by atoms with Crippen LogP contribution in [-0.4, -0.2) is 26.2 Å². The first kappa shape index (κ1) is 28.5. The number of carbonyl (C=O) groups excluding carboxylic acids is 2. The van der Waals surface area contributed by atoms with E-state index in [4.69, 9.17) is 9.59 Å². The average molecular weight is 580 g/mol. The van der Waals surface area contributed by atoms with Crippen LogP contribution >= 0.6 is 33.3 Å². The van der Waals surface area contributed by atoms with E-state index in [9.17, 15) is 23.8 Å². The van der Waals surface area contributed by atoms with Crippen LogP contribution in [-0.2, 0) is 9.59 Å². The van der Waals surface area contributed by atoms with Crippen molar-refractivity contribution in [2.24, 2.45) is 0 Å². The second-order valence-electron chi connectivity index (χ2n) is 7.96. The molecule has 0 saturated heterocycles. The van der Waals surface area contributed by atoms with Gasteiger partial charge in [0.15, 0.2) is 0 Å². The van der Waals surface area contributed by atoms with Gasteiger partial charge in [0, 0.05) is 22.6 Å². The molecule has 198 valence electrons. The second kappa shape index (κ2) is 9.67. The van der Waals surface area contributed by atoms with Crippen molar-refractivity contribution < 1.29 is 33.4 Å². The Hall–Kier alpha value is -3.06. The maximum Gasteiger partial charge on any atom is 0.373 e. The van der Waals surface area contributed by atoms with Gasteiger partial charge in [-0.25, -0.2) is 14.1 Å². The summed E-state index contributed by atoms with van der Waals surface area (Å²) in [5.41, 5.74) is 2.65. The molecule has 0 aliphatic carbocycles. The SMILES string of the molecule is Cc1nn(-c2nc(-c3ccc(S(F)(F)(F)(F)F)cc3)c(SC(C)C)s2)cc1-c1cccc(F)c1.O=C=O. The number of halogens is 6. The average Bonchev–Trinajstić information content (AvgIpc) is 3.36. The van der Waals surface area contributed by atoms with Crippen molar-refractivity contribution in [3.8, 4) is 27.5 Å². The number of thioether (sulfide) groups is 1. The van der Waals surface area contributed by atoms with E-state index in [-0.39, 0.29) is 22.8 Å². The fourth-order valence-electron chi connectivity index (χ4n) is 3.24. The van der Waals surface area contributed by atoms with Crippen molar-refractivity contribution in [2.45, 2.75) is 35.1 Å². The zero-order chi connectivity index (χ0) is 27.7. The molecule has 0 aliphatic rings. The number of aryl methyl sites for hydroxylation is 1. The summed E-state index contributed by atoms with van der Waals surface area (Å²) in [5.74, 6) is -0.383. The third-order valence-electron chi connectivity index (χ3n) is 4.73. The molecule has 0 aliphatic heterocycles. The fourth-order valence-corrected chi connectivity index (χ4v) is 6.33. The summed E-state index contributed by atoms with van der Waals surface area (Å²) in [6, 6.07) is 8.86. The van der Waals surface area contributed by atoms with E-state index in [0.717, 1.165) is 12.1 Å². The Kier molecular flexibility index (Phi) is 7.45. The van der Waals surface area contributed by atoms with E-state index < -0.39 is 15.1 Å². The Balaban J connectivity index is 0.00000121. The number of hydrogen-bond donors (Lipinski definition) is 0. The van der Waals surface area contributed by atoms with Crippen molar-refractivity contribution in [1.29, 1.82) is 0 Å². The van der Waals surface area contributed by atoms with Gasteiger partial charge in [0.05, 0.1) is 15.6 Å². The highest BCUT2D eigenvalue weighted by Crippen LogP contribution is 3.02. The molecule has 0 unspecified atom stereocenters. The molecule has 0 N–H and O–H groups in total. The van der Waals surface area contributed by atoms with Crippen LogP contribution in [0, 0.1) is 12.7 Å². The Bertz CT molecular complexity index is 1460. The van der Waals surface area contributed by atoms with Gasteiger partial charge in [-0.05, 0) is 36.8 Å². The molecule has 5 nitrogen and oxygen atoms in total. The third kappa shape index (κ3) is 7.04. The van der Waals surface area contributed by atoms with Crippen LogP contribution in [0.25, 0.3) is 27.5 Å². The molecule has 37 heavy (non-hydrogen) atoms. The molecule has 2 aromatic carbocycles. The smallest absolute Gasteiger partial charge is 0.217 e. The van der Waals surface area contributed by atoms with Crippen molar-refractivity contribution in [1.82, 2.24) is 14.8 Å². The Morgan fingerprint density at radius 1 is 1.00 bits per heavy atom. The number of nitrogens with zero attached hydrogens (tertiary/aromatic N) is 3. The zero-order valence-electron chi connectivity index (χ0n) is 19.4. The maximum absolute atomic E-state index is 13.7. The van der Waals surface area contributed by atoms with Gasteiger partial charge < -0.3 is 0 Å². The Morgan fingerprint density at radius 3 is 2.16 bits per heavy atom.